The Labute approximate surface area is 108 Å². The van der Waals surface area contributed by atoms with Gasteiger partial charge in [0.05, 0.1) is 5.92 Å². The number of nitrogens with zero attached hydrogens (tertiary/aromatic N) is 1. The summed E-state index contributed by atoms with van der Waals surface area (Å²) in [6.07, 6.45) is 5.68. The van der Waals surface area contributed by atoms with Gasteiger partial charge in [0.1, 0.15) is 0 Å². The maximum Gasteiger partial charge on any atom is 0.317 e. The summed E-state index contributed by atoms with van der Waals surface area (Å²) in [5.74, 6) is -1.19. The standard InChI is InChI=1S/C13H22N2O3/c1-2-13(6-4-7-13)14-12(18)15-8-3-5-10(9-15)11(16)17/h10H,2-9H2,1H3,(H,14,18)(H,16,17)/t10-/m0/s1. The first-order valence-corrected chi connectivity index (χ1v) is 6.86. The first-order chi connectivity index (χ1) is 8.56. The molecule has 2 N–H and O–H groups in total. The van der Waals surface area contributed by atoms with Crippen LogP contribution in [0.3, 0.4) is 0 Å². The number of aliphatic carboxylic acids is 1. The molecular weight excluding hydrogens is 232 g/mol. The fraction of sp³-hybridized carbons (Fsp3) is 0.846. The molecule has 2 fully saturated rings. The molecule has 102 valence electrons. The van der Waals surface area contributed by atoms with Gasteiger partial charge in [0.25, 0.3) is 0 Å². The Morgan fingerprint density at radius 1 is 1.39 bits per heavy atom. The Bertz CT molecular complexity index is 334. The van der Waals surface area contributed by atoms with E-state index in [1.807, 2.05) is 0 Å². The molecule has 1 heterocycles. The molecular formula is C13H22N2O3. The van der Waals surface area contributed by atoms with Crippen LogP contribution in [0.4, 0.5) is 4.79 Å². The van der Waals surface area contributed by atoms with Gasteiger partial charge in [0, 0.05) is 18.6 Å². The van der Waals surface area contributed by atoms with E-state index in [9.17, 15) is 9.59 Å². The van der Waals surface area contributed by atoms with E-state index in [-0.39, 0.29) is 11.6 Å². The third-order valence-electron chi connectivity index (χ3n) is 4.42. The number of carboxylic acid groups (broad SMARTS) is 1. The minimum absolute atomic E-state index is 0.0206. The van der Waals surface area contributed by atoms with Gasteiger partial charge in [-0.2, -0.15) is 0 Å². The number of hydrogen-bond donors (Lipinski definition) is 2. The minimum Gasteiger partial charge on any atom is -0.481 e. The van der Waals surface area contributed by atoms with E-state index in [4.69, 9.17) is 5.11 Å². The molecule has 0 bridgehead atoms. The summed E-state index contributed by atoms with van der Waals surface area (Å²) in [5, 5.41) is 12.1. The second-order valence-corrected chi connectivity index (χ2v) is 5.54. The lowest BCUT2D eigenvalue weighted by molar-refractivity contribution is -0.143. The van der Waals surface area contributed by atoms with Crippen LogP contribution >= 0.6 is 0 Å². The fourth-order valence-electron chi connectivity index (χ4n) is 2.84. The summed E-state index contributed by atoms with van der Waals surface area (Å²) in [6, 6.07) is -0.0810. The predicted octanol–water partition coefficient (Wildman–Crippen LogP) is 1.83. The van der Waals surface area contributed by atoms with Gasteiger partial charge in [-0.1, -0.05) is 6.92 Å². The molecule has 1 saturated carbocycles. The molecule has 18 heavy (non-hydrogen) atoms. The quantitative estimate of drug-likeness (QED) is 0.807. The van der Waals surface area contributed by atoms with E-state index < -0.39 is 11.9 Å². The first-order valence-electron chi connectivity index (χ1n) is 6.86. The number of carboxylic acids is 1. The zero-order valence-corrected chi connectivity index (χ0v) is 10.9. The summed E-state index contributed by atoms with van der Waals surface area (Å²) < 4.78 is 0. The summed E-state index contributed by atoms with van der Waals surface area (Å²) >= 11 is 0. The van der Waals surface area contributed by atoms with Crippen LogP contribution in [0.25, 0.3) is 0 Å². The molecule has 0 aromatic rings. The number of piperidine rings is 1. The molecule has 2 rings (SSSR count). The van der Waals surface area contributed by atoms with Gasteiger partial charge in [-0.3, -0.25) is 4.79 Å². The van der Waals surface area contributed by atoms with Crippen LogP contribution in [0.15, 0.2) is 0 Å². The molecule has 1 saturated heterocycles. The third-order valence-corrected chi connectivity index (χ3v) is 4.42. The lowest BCUT2D eigenvalue weighted by atomic mass is 9.75. The Hall–Kier alpha value is -1.26. The SMILES string of the molecule is CCC1(NC(=O)N2CCC[C@H](C(=O)O)C2)CCC1. The Morgan fingerprint density at radius 2 is 2.11 bits per heavy atom. The minimum atomic E-state index is -0.790. The highest BCUT2D eigenvalue weighted by Crippen LogP contribution is 2.34. The molecule has 5 heteroatoms. The largest absolute Gasteiger partial charge is 0.481 e. The van der Waals surface area contributed by atoms with E-state index in [0.717, 1.165) is 25.7 Å². The van der Waals surface area contributed by atoms with Gasteiger partial charge in [0.15, 0.2) is 0 Å². The second-order valence-electron chi connectivity index (χ2n) is 5.54. The number of nitrogens with one attached hydrogen (secondary N) is 1. The highest BCUT2D eigenvalue weighted by Gasteiger charge is 2.38. The maximum atomic E-state index is 12.2. The van der Waals surface area contributed by atoms with Gasteiger partial charge >= 0.3 is 12.0 Å². The summed E-state index contributed by atoms with van der Waals surface area (Å²) in [6.45, 7) is 3.12. The summed E-state index contributed by atoms with van der Waals surface area (Å²) in [4.78, 5) is 24.8. The van der Waals surface area contributed by atoms with Gasteiger partial charge in [-0.25, -0.2) is 4.79 Å². The number of likely N-dealkylation sites (tertiary alicyclic amines) is 1. The van der Waals surface area contributed by atoms with Crippen molar-refractivity contribution < 1.29 is 14.7 Å². The van der Waals surface area contributed by atoms with Gasteiger partial charge in [-0.15, -0.1) is 0 Å². The zero-order valence-electron chi connectivity index (χ0n) is 10.9. The average molecular weight is 254 g/mol. The van der Waals surface area contributed by atoms with Crippen LogP contribution in [-0.4, -0.2) is 40.6 Å². The van der Waals surface area contributed by atoms with Crippen molar-refractivity contribution in [2.45, 2.75) is 51.0 Å². The number of hydrogen-bond acceptors (Lipinski definition) is 2. The van der Waals surface area contributed by atoms with E-state index in [1.165, 1.54) is 6.42 Å². The van der Waals surface area contributed by atoms with Crippen LogP contribution in [0.1, 0.15) is 45.4 Å². The summed E-state index contributed by atoms with van der Waals surface area (Å²) in [5.41, 5.74) is -0.0206. The van der Waals surface area contributed by atoms with E-state index in [0.29, 0.717) is 19.5 Å². The molecule has 1 aliphatic carbocycles. The van der Waals surface area contributed by atoms with Crippen molar-refractivity contribution in [2.24, 2.45) is 5.92 Å². The average Bonchev–Trinajstić information content (AvgIpc) is 2.33. The fourth-order valence-corrected chi connectivity index (χ4v) is 2.84. The van der Waals surface area contributed by atoms with Crippen molar-refractivity contribution in [2.75, 3.05) is 13.1 Å². The monoisotopic (exact) mass is 254 g/mol. The van der Waals surface area contributed by atoms with Crippen LogP contribution in [-0.2, 0) is 4.79 Å². The van der Waals surface area contributed by atoms with Gasteiger partial charge < -0.3 is 15.3 Å². The van der Waals surface area contributed by atoms with Gasteiger partial charge in [-0.05, 0) is 38.5 Å². The molecule has 2 amide bonds. The molecule has 1 aliphatic heterocycles. The van der Waals surface area contributed by atoms with Crippen LogP contribution in [0.2, 0.25) is 0 Å². The molecule has 0 aromatic carbocycles. The first kappa shape index (κ1) is 13.2. The van der Waals surface area contributed by atoms with Crippen LogP contribution < -0.4 is 5.32 Å². The van der Waals surface area contributed by atoms with Crippen molar-refractivity contribution in [1.29, 1.82) is 0 Å². The molecule has 5 nitrogen and oxygen atoms in total. The maximum absolute atomic E-state index is 12.2. The number of urea groups is 1. The van der Waals surface area contributed by atoms with Crippen molar-refractivity contribution in [3.05, 3.63) is 0 Å². The molecule has 2 aliphatic rings. The molecule has 0 spiro atoms. The number of carbonyl (C=O) groups excluding carboxylic acids is 1. The van der Waals surface area contributed by atoms with Crippen molar-refractivity contribution in [3.8, 4) is 0 Å². The van der Waals surface area contributed by atoms with E-state index >= 15 is 0 Å². The van der Waals surface area contributed by atoms with Gasteiger partial charge in [0.2, 0.25) is 0 Å². The molecule has 0 aromatic heterocycles. The Balaban J connectivity index is 1.90. The van der Waals surface area contributed by atoms with Crippen LogP contribution in [0, 0.1) is 5.92 Å². The smallest absolute Gasteiger partial charge is 0.317 e. The van der Waals surface area contributed by atoms with Crippen LogP contribution in [0.5, 0.6) is 0 Å². The predicted molar refractivity (Wildman–Crippen MR) is 67.3 cm³/mol. The summed E-state index contributed by atoms with van der Waals surface area (Å²) in [7, 11) is 0. The number of carbonyl (C=O) groups is 2. The highest BCUT2D eigenvalue weighted by molar-refractivity contribution is 5.77. The number of rotatable bonds is 3. The zero-order chi connectivity index (χ0) is 13.2. The molecule has 0 unspecified atom stereocenters. The molecule has 1 atom stereocenters. The Kier molecular flexibility index (Phi) is 3.78. The second kappa shape index (κ2) is 5.16. The highest BCUT2D eigenvalue weighted by atomic mass is 16.4. The number of amides is 2. The van der Waals surface area contributed by atoms with Crippen molar-refractivity contribution in [3.63, 3.8) is 0 Å². The lowest BCUT2D eigenvalue weighted by Crippen LogP contribution is -2.58. The van der Waals surface area contributed by atoms with Crippen molar-refractivity contribution in [1.82, 2.24) is 10.2 Å². The third kappa shape index (κ3) is 2.60. The van der Waals surface area contributed by atoms with E-state index in [1.54, 1.807) is 4.90 Å². The Morgan fingerprint density at radius 3 is 2.61 bits per heavy atom. The van der Waals surface area contributed by atoms with Crippen molar-refractivity contribution >= 4 is 12.0 Å². The van der Waals surface area contributed by atoms with E-state index in [2.05, 4.69) is 12.2 Å². The topological polar surface area (TPSA) is 69.6 Å². The normalized spacial score (nSPS) is 26.3. The molecule has 0 radical (unpaired) electrons. The lowest BCUT2D eigenvalue weighted by Gasteiger charge is -2.44.